The van der Waals surface area contributed by atoms with Gasteiger partial charge in [-0.2, -0.15) is 0 Å². The van der Waals surface area contributed by atoms with Crippen LogP contribution in [0.1, 0.15) is 63.1 Å². The Morgan fingerprint density at radius 1 is 1.11 bits per heavy atom. The largest absolute Gasteiger partial charge is 0.271 e. The van der Waals surface area contributed by atoms with Crippen LogP contribution in [-0.4, -0.2) is 0 Å². The fraction of sp³-hybridized carbons (Fsp3) is 0.625. The summed E-state index contributed by atoms with van der Waals surface area (Å²) in [4.78, 5) is 0. The fourth-order valence-corrected chi connectivity index (χ4v) is 2.65. The van der Waals surface area contributed by atoms with E-state index in [0.29, 0.717) is 11.8 Å². The monoisotopic (exact) mass is 246 g/mol. The highest BCUT2D eigenvalue weighted by atomic mass is 15.2. The second kappa shape index (κ2) is 5.85. The minimum atomic E-state index is 0.250. The third-order valence-electron chi connectivity index (χ3n) is 4.63. The molecule has 1 aliphatic rings. The van der Waals surface area contributed by atoms with Gasteiger partial charge in [-0.25, -0.2) is 0 Å². The van der Waals surface area contributed by atoms with E-state index in [0.717, 1.165) is 5.92 Å². The standard InChI is InChI=1S/C16H26N2/c1-11(2)12(3)16(18-17)15-9-7-14(8-10-15)13-5-4-6-13/h7-13,16,18H,4-6,17H2,1-3H3. The Bertz CT molecular complexity index is 365. The van der Waals surface area contributed by atoms with Gasteiger partial charge in [0.1, 0.15) is 0 Å². The molecule has 1 saturated carbocycles. The van der Waals surface area contributed by atoms with Gasteiger partial charge in [-0.1, -0.05) is 51.5 Å². The lowest BCUT2D eigenvalue weighted by Gasteiger charge is -2.28. The maximum Gasteiger partial charge on any atom is 0.0487 e. The molecule has 3 N–H and O–H groups in total. The van der Waals surface area contributed by atoms with Gasteiger partial charge in [-0.3, -0.25) is 11.3 Å². The number of nitrogens with one attached hydrogen (secondary N) is 1. The number of nitrogens with two attached hydrogens (primary N) is 1. The van der Waals surface area contributed by atoms with E-state index in [-0.39, 0.29) is 6.04 Å². The normalized spacial score (nSPS) is 19.6. The predicted octanol–water partition coefficient (Wildman–Crippen LogP) is 3.75. The van der Waals surface area contributed by atoms with Crippen molar-refractivity contribution in [2.45, 2.75) is 52.0 Å². The topological polar surface area (TPSA) is 38.0 Å². The molecule has 1 aromatic rings. The summed E-state index contributed by atoms with van der Waals surface area (Å²) in [6.07, 6.45) is 4.12. The first-order valence-corrected chi connectivity index (χ1v) is 7.19. The van der Waals surface area contributed by atoms with Crippen molar-refractivity contribution in [3.8, 4) is 0 Å². The van der Waals surface area contributed by atoms with E-state index in [1.807, 2.05) is 0 Å². The predicted molar refractivity (Wildman–Crippen MR) is 77.1 cm³/mol. The Hall–Kier alpha value is -0.860. The van der Waals surface area contributed by atoms with Crippen molar-refractivity contribution in [3.05, 3.63) is 35.4 Å². The molecule has 2 atom stereocenters. The van der Waals surface area contributed by atoms with Gasteiger partial charge in [-0.15, -0.1) is 0 Å². The van der Waals surface area contributed by atoms with E-state index >= 15 is 0 Å². The zero-order valence-corrected chi connectivity index (χ0v) is 11.8. The van der Waals surface area contributed by atoms with E-state index in [4.69, 9.17) is 5.84 Å². The van der Waals surface area contributed by atoms with Gasteiger partial charge in [0, 0.05) is 6.04 Å². The number of hydrazine groups is 1. The molecular formula is C16H26N2. The molecule has 0 radical (unpaired) electrons. The fourth-order valence-electron chi connectivity index (χ4n) is 2.65. The lowest BCUT2D eigenvalue weighted by Crippen LogP contribution is -2.34. The van der Waals surface area contributed by atoms with E-state index in [2.05, 4.69) is 50.5 Å². The van der Waals surface area contributed by atoms with E-state index in [1.54, 1.807) is 0 Å². The van der Waals surface area contributed by atoms with Gasteiger partial charge < -0.3 is 0 Å². The Labute approximate surface area is 111 Å². The minimum absolute atomic E-state index is 0.250. The summed E-state index contributed by atoms with van der Waals surface area (Å²) in [5.41, 5.74) is 5.78. The summed E-state index contributed by atoms with van der Waals surface area (Å²) in [7, 11) is 0. The minimum Gasteiger partial charge on any atom is -0.271 e. The smallest absolute Gasteiger partial charge is 0.0487 e. The summed E-state index contributed by atoms with van der Waals surface area (Å²) in [6.45, 7) is 6.75. The van der Waals surface area contributed by atoms with Crippen molar-refractivity contribution < 1.29 is 0 Å². The van der Waals surface area contributed by atoms with Crippen LogP contribution in [0.4, 0.5) is 0 Å². The van der Waals surface area contributed by atoms with Gasteiger partial charge in [0.15, 0.2) is 0 Å². The third kappa shape index (κ3) is 2.76. The Morgan fingerprint density at radius 2 is 1.72 bits per heavy atom. The van der Waals surface area contributed by atoms with Crippen LogP contribution in [0.2, 0.25) is 0 Å². The molecule has 0 bridgehead atoms. The van der Waals surface area contributed by atoms with Crippen LogP contribution < -0.4 is 11.3 Å². The molecule has 2 unspecified atom stereocenters. The SMILES string of the molecule is CC(C)C(C)C(NN)c1ccc(C2CCC2)cc1. The van der Waals surface area contributed by atoms with Gasteiger partial charge in [0.25, 0.3) is 0 Å². The summed E-state index contributed by atoms with van der Waals surface area (Å²) >= 11 is 0. The third-order valence-corrected chi connectivity index (χ3v) is 4.63. The van der Waals surface area contributed by atoms with Crippen LogP contribution in [-0.2, 0) is 0 Å². The van der Waals surface area contributed by atoms with Crippen molar-refractivity contribution in [2.75, 3.05) is 0 Å². The maximum absolute atomic E-state index is 5.73. The van der Waals surface area contributed by atoms with Gasteiger partial charge in [-0.05, 0) is 41.7 Å². The van der Waals surface area contributed by atoms with Crippen molar-refractivity contribution in [3.63, 3.8) is 0 Å². The van der Waals surface area contributed by atoms with Crippen LogP contribution >= 0.6 is 0 Å². The van der Waals surface area contributed by atoms with Crippen molar-refractivity contribution in [1.82, 2.24) is 5.43 Å². The summed E-state index contributed by atoms with van der Waals surface area (Å²) in [5, 5.41) is 0. The van der Waals surface area contributed by atoms with E-state index in [9.17, 15) is 0 Å². The summed E-state index contributed by atoms with van der Waals surface area (Å²) in [6, 6.07) is 9.32. The Morgan fingerprint density at radius 3 is 2.11 bits per heavy atom. The lowest BCUT2D eigenvalue weighted by atomic mass is 9.79. The molecule has 1 aliphatic carbocycles. The van der Waals surface area contributed by atoms with E-state index < -0.39 is 0 Å². The first-order chi connectivity index (χ1) is 8.63. The molecule has 0 aliphatic heterocycles. The molecule has 1 aromatic carbocycles. The average molecular weight is 246 g/mol. The second-order valence-electron chi connectivity index (χ2n) is 6.04. The molecule has 18 heavy (non-hydrogen) atoms. The van der Waals surface area contributed by atoms with Crippen LogP contribution in [0.5, 0.6) is 0 Å². The molecule has 0 aromatic heterocycles. The highest BCUT2D eigenvalue weighted by molar-refractivity contribution is 5.28. The molecule has 0 amide bonds. The molecule has 0 spiro atoms. The maximum atomic E-state index is 5.73. The number of hydrogen-bond donors (Lipinski definition) is 2. The average Bonchev–Trinajstić information content (AvgIpc) is 2.29. The van der Waals surface area contributed by atoms with Crippen LogP contribution in [0.25, 0.3) is 0 Å². The van der Waals surface area contributed by atoms with Gasteiger partial charge in [0.05, 0.1) is 0 Å². The van der Waals surface area contributed by atoms with Crippen LogP contribution in [0.3, 0.4) is 0 Å². The zero-order chi connectivity index (χ0) is 13.1. The molecule has 2 rings (SSSR count). The van der Waals surface area contributed by atoms with Crippen molar-refractivity contribution in [2.24, 2.45) is 17.7 Å². The van der Waals surface area contributed by atoms with Gasteiger partial charge >= 0.3 is 0 Å². The highest BCUT2D eigenvalue weighted by Crippen LogP contribution is 2.37. The lowest BCUT2D eigenvalue weighted by molar-refractivity contribution is 0.306. The summed E-state index contributed by atoms with van der Waals surface area (Å²) < 4.78 is 0. The number of benzene rings is 1. The molecule has 0 heterocycles. The Balaban J connectivity index is 2.11. The highest BCUT2D eigenvalue weighted by Gasteiger charge is 2.22. The summed E-state index contributed by atoms with van der Waals surface area (Å²) in [5.74, 6) is 7.69. The molecule has 2 heteroatoms. The van der Waals surface area contributed by atoms with E-state index in [1.165, 1.54) is 30.4 Å². The first-order valence-electron chi connectivity index (χ1n) is 7.19. The number of hydrogen-bond acceptors (Lipinski definition) is 2. The molecule has 1 fully saturated rings. The van der Waals surface area contributed by atoms with Crippen LogP contribution in [0.15, 0.2) is 24.3 Å². The molecular weight excluding hydrogens is 220 g/mol. The van der Waals surface area contributed by atoms with Crippen molar-refractivity contribution in [1.29, 1.82) is 0 Å². The van der Waals surface area contributed by atoms with Gasteiger partial charge in [0.2, 0.25) is 0 Å². The first kappa shape index (κ1) is 13.6. The molecule has 100 valence electrons. The zero-order valence-electron chi connectivity index (χ0n) is 11.8. The molecule has 2 nitrogen and oxygen atoms in total. The quantitative estimate of drug-likeness (QED) is 0.613. The van der Waals surface area contributed by atoms with Crippen LogP contribution in [0, 0.1) is 11.8 Å². The second-order valence-corrected chi connectivity index (χ2v) is 6.04. The number of rotatable bonds is 5. The van der Waals surface area contributed by atoms with Crippen molar-refractivity contribution >= 4 is 0 Å². The molecule has 0 saturated heterocycles. The Kier molecular flexibility index (Phi) is 4.41.